The molecule has 2 rings (SSSR count). The van der Waals surface area contributed by atoms with Crippen LogP contribution >= 0.6 is 27.3 Å². The van der Waals surface area contributed by atoms with Gasteiger partial charge in [0.05, 0.1) is 8.68 Å². The van der Waals surface area contributed by atoms with E-state index in [2.05, 4.69) is 15.9 Å². The lowest BCUT2D eigenvalue weighted by Crippen LogP contribution is -2.27. The standard InChI is InChI=1S/C13H15BrN2O2S2/c1-9-3-4-11(15)6-12(9)20(17,18)16(2)7-10-5-13(14)19-8-10/h3-6,8H,7,15H2,1-2H3. The van der Waals surface area contributed by atoms with Crippen LogP contribution in [0.1, 0.15) is 11.1 Å². The van der Waals surface area contributed by atoms with Crippen molar-refractivity contribution in [3.63, 3.8) is 0 Å². The molecule has 0 aliphatic carbocycles. The molecule has 1 heterocycles. The maximum atomic E-state index is 12.6. The Hall–Kier alpha value is -0.890. The average molecular weight is 375 g/mol. The van der Waals surface area contributed by atoms with Gasteiger partial charge >= 0.3 is 0 Å². The van der Waals surface area contributed by atoms with Gasteiger partial charge in [-0.1, -0.05) is 6.07 Å². The van der Waals surface area contributed by atoms with E-state index in [0.29, 0.717) is 17.8 Å². The van der Waals surface area contributed by atoms with Gasteiger partial charge < -0.3 is 5.73 Å². The molecule has 0 amide bonds. The fraction of sp³-hybridized carbons (Fsp3) is 0.231. The number of benzene rings is 1. The highest BCUT2D eigenvalue weighted by atomic mass is 79.9. The smallest absolute Gasteiger partial charge is 0.243 e. The van der Waals surface area contributed by atoms with Crippen LogP contribution in [0, 0.1) is 6.92 Å². The van der Waals surface area contributed by atoms with Gasteiger partial charge in [-0.2, -0.15) is 4.31 Å². The van der Waals surface area contributed by atoms with E-state index in [4.69, 9.17) is 5.73 Å². The number of rotatable bonds is 4. The molecule has 108 valence electrons. The summed E-state index contributed by atoms with van der Waals surface area (Å²) in [6, 6.07) is 6.84. The molecule has 0 fully saturated rings. The van der Waals surface area contributed by atoms with E-state index in [0.717, 1.165) is 9.35 Å². The van der Waals surface area contributed by atoms with Crippen LogP contribution in [0.5, 0.6) is 0 Å². The topological polar surface area (TPSA) is 63.4 Å². The van der Waals surface area contributed by atoms with E-state index in [1.165, 1.54) is 21.7 Å². The molecule has 0 saturated heterocycles. The number of anilines is 1. The molecule has 20 heavy (non-hydrogen) atoms. The minimum Gasteiger partial charge on any atom is -0.399 e. The first-order chi connectivity index (χ1) is 9.30. The van der Waals surface area contributed by atoms with Gasteiger partial charge in [-0.25, -0.2) is 8.42 Å². The minimum atomic E-state index is -3.54. The van der Waals surface area contributed by atoms with Crippen molar-refractivity contribution in [2.75, 3.05) is 12.8 Å². The van der Waals surface area contributed by atoms with Gasteiger partial charge in [0.15, 0.2) is 0 Å². The van der Waals surface area contributed by atoms with E-state index in [1.54, 1.807) is 26.1 Å². The third kappa shape index (κ3) is 3.22. The fourth-order valence-corrected chi connectivity index (χ4v) is 4.45. The van der Waals surface area contributed by atoms with E-state index in [-0.39, 0.29) is 4.90 Å². The third-order valence-corrected chi connectivity index (χ3v) is 6.43. The van der Waals surface area contributed by atoms with Crippen LogP contribution in [0.2, 0.25) is 0 Å². The molecule has 0 radical (unpaired) electrons. The molecule has 0 aliphatic heterocycles. The van der Waals surface area contributed by atoms with Crippen molar-refractivity contribution in [1.29, 1.82) is 0 Å². The summed E-state index contributed by atoms with van der Waals surface area (Å²) in [6.45, 7) is 2.10. The molecule has 1 aromatic heterocycles. The van der Waals surface area contributed by atoms with Gasteiger partial charge in [0.2, 0.25) is 10.0 Å². The number of hydrogen-bond acceptors (Lipinski definition) is 4. The molecule has 7 heteroatoms. The van der Waals surface area contributed by atoms with Crippen LogP contribution in [0.4, 0.5) is 5.69 Å². The number of thiophene rings is 1. The van der Waals surface area contributed by atoms with Crippen LogP contribution in [-0.4, -0.2) is 19.8 Å². The van der Waals surface area contributed by atoms with Crippen molar-refractivity contribution in [2.45, 2.75) is 18.4 Å². The molecule has 2 aromatic rings. The first kappa shape index (κ1) is 15.5. The molecule has 0 spiro atoms. The summed E-state index contributed by atoms with van der Waals surface area (Å²) >= 11 is 4.91. The molecular weight excluding hydrogens is 360 g/mol. The molecule has 0 bridgehead atoms. The van der Waals surface area contributed by atoms with Crippen LogP contribution in [0.3, 0.4) is 0 Å². The summed E-state index contributed by atoms with van der Waals surface area (Å²) in [4.78, 5) is 0.259. The minimum absolute atomic E-state index is 0.259. The Morgan fingerprint density at radius 1 is 1.35 bits per heavy atom. The van der Waals surface area contributed by atoms with Crippen molar-refractivity contribution in [2.24, 2.45) is 0 Å². The number of sulfonamides is 1. The molecule has 0 atom stereocenters. The van der Waals surface area contributed by atoms with Crippen molar-refractivity contribution < 1.29 is 8.42 Å². The molecule has 2 N–H and O–H groups in total. The van der Waals surface area contributed by atoms with E-state index < -0.39 is 10.0 Å². The largest absolute Gasteiger partial charge is 0.399 e. The van der Waals surface area contributed by atoms with E-state index in [1.807, 2.05) is 11.4 Å². The van der Waals surface area contributed by atoms with Gasteiger partial charge in [0, 0.05) is 19.3 Å². The van der Waals surface area contributed by atoms with E-state index in [9.17, 15) is 8.42 Å². The van der Waals surface area contributed by atoms with Gasteiger partial charge in [-0.15, -0.1) is 11.3 Å². The molecular formula is C13H15BrN2O2S2. The van der Waals surface area contributed by atoms with Crippen LogP contribution in [0.15, 0.2) is 38.3 Å². The highest BCUT2D eigenvalue weighted by Gasteiger charge is 2.23. The normalized spacial score (nSPS) is 12.0. The maximum absolute atomic E-state index is 12.6. The second kappa shape index (κ2) is 5.85. The van der Waals surface area contributed by atoms with Crippen LogP contribution in [-0.2, 0) is 16.6 Å². The quantitative estimate of drug-likeness (QED) is 0.835. The highest BCUT2D eigenvalue weighted by molar-refractivity contribution is 9.11. The predicted molar refractivity (Wildman–Crippen MR) is 86.3 cm³/mol. The first-order valence-corrected chi connectivity index (χ1v) is 8.97. The number of nitrogen functional groups attached to an aromatic ring is 1. The first-order valence-electron chi connectivity index (χ1n) is 5.86. The third-order valence-electron chi connectivity index (χ3n) is 2.93. The predicted octanol–water partition coefficient (Wildman–Crippen LogP) is 3.22. The lowest BCUT2D eigenvalue weighted by atomic mass is 10.2. The average Bonchev–Trinajstić information content (AvgIpc) is 2.77. The number of nitrogens with two attached hydrogens (primary N) is 1. The van der Waals surface area contributed by atoms with Crippen molar-refractivity contribution in [3.05, 3.63) is 44.6 Å². The summed E-state index contributed by atoms with van der Waals surface area (Å²) < 4.78 is 27.5. The SMILES string of the molecule is Cc1ccc(N)cc1S(=O)(=O)N(C)Cc1csc(Br)c1. The second-order valence-corrected chi connectivity index (χ2v) is 8.85. The molecule has 4 nitrogen and oxygen atoms in total. The number of hydrogen-bond donors (Lipinski definition) is 1. The second-order valence-electron chi connectivity index (χ2n) is 4.55. The maximum Gasteiger partial charge on any atom is 0.243 e. The molecule has 0 unspecified atom stereocenters. The Morgan fingerprint density at radius 2 is 2.05 bits per heavy atom. The fourth-order valence-electron chi connectivity index (χ4n) is 1.83. The molecule has 0 saturated carbocycles. The van der Waals surface area contributed by atoms with Crippen LogP contribution < -0.4 is 5.73 Å². The zero-order valence-corrected chi connectivity index (χ0v) is 14.3. The Kier molecular flexibility index (Phi) is 4.53. The number of halogens is 1. The lowest BCUT2D eigenvalue weighted by Gasteiger charge is -2.18. The lowest BCUT2D eigenvalue weighted by molar-refractivity contribution is 0.467. The Bertz CT molecular complexity index is 726. The molecule has 0 aliphatic rings. The zero-order chi connectivity index (χ0) is 14.9. The summed E-state index contributed by atoms with van der Waals surface area (Å²) in [5.74, 6) is 0. The number of nitrogens with zero attached hydrogens (tertiary/aromatic N) is 1. The van der Waals surface area contributed by atoms with Gasteiger partial charge in [0.1, 0.15) is 0 Å². The molecule has 1 aromatic carbocycles. The van der Waals surface area contributed by atoms with Gasteiger partial charge in [-0.3, -0.25) is 0 Å². The summed E-state index contributed by atoms with van der Waals surface area (Å²) in [7, 11) is -1.97. The Morgan fingerprint density at radius 3 is 2.65 bits per heavy atom. The van der Waals surface area contributed by atoms with Crippen molar-refractivity contribution >= 4 is 43.0 Å². The summed E-state index contributed by atoms with van der Waals surface area (Å²) in [5.41, 5.74) is 7.78. The highest BCUT2D eigenvalue weighted by Crippen LogP contribution is 2.25. The monoisotopic (exact) mass is 374 g/mol. The van der Waals surface area contributed by atoms with Gasteiger partial charge in [-0.05, 0) is 57.6 Å². The van der Waals surface area contributed by atoms with Crippen molar-refractivity contribution in [1.82, 2.24) is 4.31 Å². The zero-order valence-electron chi connectivity index (χ0n) is 11.1. The Balaban J connectivity index is 2.32. The van der Waals surface area contributed by atoms with E-state index >= 15 is 0 Å². The Labute approximate surface area is 131 Å². The van der Waals surface area contributed by atoms with Crippen LogP contribution in [0.25, 0.3) is 0 Å². The number of aryl methyl sites for hydroxylation is 1. The van der Waals surface area contributed by atoms with Crippen molar-refractivity contribution in [3.8, 4) is 0 Å². The van der Waals surface area contributed by atoms with Gasteiger partial charge in [0.25, 0.3) is 0 Å². The summed E-state index contributed by atoms with van der Waals surface area (Å²) in [6.07, 6.45) is 0. The summed E-state index contributed by atoms with van der Waals surface area (Å²) in [5, 5.41) is 1.93.